The van der Waals surface area contributed by atoms with Crippen LogP contribution in [0.25, 0.3) is 11.0 Å². The van der Waals surface area contributed by atoms with Gasteiger partial charge in [-0.3, -0.25) is 4.79 Å². The third-order valence-electron chi connectivity index (χ3n) is 4.92. The average molecular weight is 369 g/mol. The Labute approximate surface area is 164 Å². The summed E-state index contributed by atoms with van der Waals surface area (Å²) in [5.41, 5.74) is 5.10. The van der Waals surface area contributed by atoms with Crippen molar-refractivity contribution < 1.29 is 4.79 Å². The predicted octanol–water partition coefficient (Wildman–Crippen LogP) is 4.88. The zero-order valence-electron chi connectivity index (χ0n) is 16.1. The number of nitrogens with one attached hydrogen (secondary N) is 1. The number of amides is 1. The molecule has 0 spiro atoms. The standard InChI is InChI=1S/C24H23N3O/c1-17-12-14-19(15-13-17)16-27-22-11-7-6-10-21(22)26-23(27)18(2)25-24(28)20-8-4-3-5-9-20/h3-15,18H,16H2,1-2H3,(H,25,28). The molecule has 0 bridgehead atoms. The van der Waals surface area contributed by atoms with E-state index in [1.165, 1.54) is 11.1 Å². The highest BCUT2D eigenvalue weighted by Gasteiger charge is 2.19. The second-order valence-corrected chi connectivity index (χ2v) is 7.09. The number of imidazole rings is 1. The first-order chi connectivity index (χ1) is 13.6. The number of fused-ring (bicyclic) bond motifs is 1. The number of aromatic nitrogens is 2. The summed E-state index contributed by atoms with van der Waals surface area (Å²) < 4.78 is 2.19. The van der Waals surface area contributed by atoms with E-state index >= 15 is 0 Å². The van der Waals surface area contributed by atoms with Crippen LogP contribution in [0.5, 0.6) is 0 Å². The molecule has 4 heteroatoms. The number of para-hydroxylation sites is 2. The summed E-state index contributed by atoms with van der Waals surface area (Å²) in [5, 5.41) is 3.09. The number of hydrogen-bond acceptors (Lipinski definition) is 2. The number of rotatable bonds is 5. The third-order valence-corrected chi connectivity index (χ3v) is 4.92. The lowest BCUT2D eigenvalue weighted by Gasteiger charge is -2.17. The second kappa shape index (κ2) is 7.69. The molecule has 0 fully saturated rings. The van der Waals surface area contributed by atoms with Gasteiger partial charge in [0, 0.05) is 12.1 Å². The molecule has 140 valence electrons. The van der Waals surface area contributed by atoms with Crippen molar-refractivity contribution in [2.24, 2.45) is 0 Å². The van der Waals surface area contributed by atoms with Gasteiger partial charge in [0.2, 0.25) is 0 Å². The van der Waals surface area contributed by atoms with Crippen molar-refractivity contribution in [1.82, 2.24) is 14.9 Å². The monoisotopic (exact) mass is 369 g/mol. The highest BCUT2D eigenvalue weighted by molar-refractivity contribution is 5.94. The Kier molecular flexibility index (Phi) is 4.94. The first-order valence-electron chi connectivity index (χ1n) is 9.48. The molecule has 0 aliphatic rings. The van der Waals surface area contributed by atoms with Crippen LogP contribution in [-0.2, 0) is 6.54 Å². The van der Waals surface area contributed by atoms with Crippen LogP contribution in [0.2, 0.25) is 0 Å². The van der Waals surface area contributed by atoms with Gasteiger partial charge in [-0.2, -0.15) is 0 Å². The molecule has 4 rings (SSSR count). The molecule has 28 heavy (non-hydrogen) atoms. The molecule has 3 aromatic carbocycles. The van der Waals surface area contributed by atoms with Crippen molar-refractivity contribution in [3.05, 3.63) is 101 Å². The van der Waals surface area contributed by atoms with Gasteiger partial charge in [-0.15, -0.1) is 0 Å². The lowest BCUT2D eigenvalue weighted by Crippen LogP contribution is -2.28. The Morgan fingerprint density at radius 3 is 2.39 bits per heavy atom. The van der Waals surface area contributed by atoms with Crippen molar-refractivity contribution in [3.63, 3.8) is 0 Å². The van der Waals surface area contributed by atoms with Gasteiger partial charge in [0.15, 0.2) is 0 Å². The minimum Gasteiger partial charge on any atom is -0.342 e. The van der Waals surface area contributed by atoms with Crippen LogP contribution in [0.1, 0.15) is 40.3 Å². The second-order valence-electron chi connectivity index (χ2n) is 7.09. The molecule has 4 nitrogen and oxygen atoms in total. The van der Waals surface area contributed by atoms with Crippen LogP contribution in [0.15, 0.2) is 78.9 Å². The van der Waals surface area contributed by atoms with Crippen molar-refractivity contribution in [2.75, 3.05) is 0 Å². The number of carbonyl (C=O) groups excluding carboxylic acids is 1. The Morgan fingerprint density at radius 2 is 1.64 bits per heavy atom. The maximum Gasteiger partial charge on any atom is 0.251 e. The molecule has 0 saturated carbocycles. The minimum absolute atomic E-state index is 0.0953. The topological polar surface area (TPSA) is 46.9 Å². The zero-order valence-corrected chi connectivity index (χ0v) is 16.1. The Balaban J connectivity index is 1.67. The first-order valence-corrected chi connectivity index (χ1v) is 9.48. The van der Waals surface area contributed by atoms with E-state index in [-0.39, 0.29) is 11.9 Å². The van der Waals surface area contributed by atoms with E-state index in [1.807, 2.05) is 55.5 Å². The summed E-state index contributed by atoms with van der Waals surface area (Å²) in [7, 11) is 0. The van der Waals surface area contributed by atoms with Gasteiger partial charge >= 0.3 is 0 Å². The number of benzene rings is 3. The Hall–Kier alpha value is -3.40. The fourth-order valence-electron chi connectivity index (χ4n) is 3.40. The first kappa shape index (κ1) is 18.0. The van der Waals surface area contributed by atoms with Gasteiger partial charge in [0.05, 0.1) is 17.1 Å². The Bertz CT molecular complexity index is 1100. The maximum absolute atomic E-state index is 12.6. The minimum atomic E-state index is -0.217. The van der Waals surface area contributed by atoms with E-state index in [9.17, 15) is 4.79 Å². The molecule has 0 radical (unpaired) electrons. The van der Waals surface area contributed by atoms with E-state index in [0.717, 1.165) is 16.9 Å². The van der Waals surface area contributed by atoms with Crippen LogP contribution in [0, 0.1) is 6.92 Å². The van der Waals surface area contributed by atoms with Gasteiger partial charge in [0.25, 0.3) is 5.91 Å². The smallest absolute Gasteiger partial charge is 0.251 e. The lowest BCUT2D eigenvalue weighted by molar-refractivity contribution is 0.0938. The summed E-state index contributed by atoms with van der Waals surface area (Å²) in [6, 6.07) is 25.7. The number of aryl methyl sites for hydroxylation is 1. The van der Waals surface area contributed by atoms with E-state index in [1.54, 1.807) is 0 Å². The molecule has 1 unspecified atom stereocenters. The van der Waals surface area contributed by atoms with E-state index < -0.39 is 0 Å². The van der Waals surface area contributed by atoms with Crippen LogP contribution in [0.3, 0.4) is 0 Å². The normalized spacial score (nSPS) is 12.1. The van der Waals surface area contributed by atoms with Gasteiger partial charge < -0.3 is 9.88 Å². The summed E-state index contributed by atoms with van der Waals surface area (Å²) in [5.74, 6) is 0.757. The average Bonchev–Trinajstić information content (AvgIpc) is 3.09. The van der Waals surface area contributed by atoms with Crippen LogP contribution in [0.4, 0.5) is 0 Å². The molecule has 1 N–H and O–H groups in total. The lowest BCUT2D eigenvalue weighted by atomic mass is 10.1. The van der Waals surface area contributed by atoms with Gasteiger partial charge in [0.1, 0.15) is 5.82 Å². The van der Waals surface area contributed by atoms with E-state index in [4.69, 9.17) is 4.98 Å². The van der Waals surface area contributed by atoms with Gasteiger partial charge in [-0.05, 0) is 43.7 Å². The van der Waals surface area contributed by atoms with Gasteiger partial charge in [-0.1, -0.05) is 60.2 Å². The fraction of sp³-hybridized carbons (Fsp3) is 0.167. The third kappa shape index (κ3) is 3.67. The van der Waals surface area contributed by atoms with E-state index in [0.29, 0.717) is 12.1 Å². The summed E-state index contributed by atoms with van der Waals surface area (Å²) in [4.78, 5) is 17.4. The van der Waals surface area contributed by atoms with Crippen LogP contribution >= 0.6 is 0 Å². The SMILES string of the molecule is Cc1ccc(Cn2c(C(C)NC(=O)c3ccccc3)nc3ccccc32)cc1. The highest BCUT2D eigenvalue weighted by atomic mass is 16.1. The van der Waals surface area contributed by atoms with Crippen LogP contribution < -0.4 is 5.32 Å². The summed E-state index contributed by atoms with van der Waals surface area (Å²) in [6.45, 7) is 4.78. The predicted molar refractivity (Wildman–Crippen MR) is 112 cm³/mol. The molecule has 1 amide bonds. The van der Waals surface area contributed by atoms with Crippen molar-refractivity contribution >= 4 is 16.9 Å². The number of hydrogen-bond donors (Lipinski definition) is 1. The van der Waals surface area contributed by atoms with Gasteiger partial charge in [-0.25, -0.2) is 4.98 Å². The molecular formula is C24H23N3O. The zero-order chi connectivity index (χ0) is 19.5. The van der Waals surface area contributed by atoms with Crippen molar-refractivity contribution in [1.29, 1.82) is 0 Å². The van der Waals surface area contributed by atoms with E-state index in [2.05, 4.69) is 47.1 Å². The molecule has 0 aliphatic heterocycles. The largest absolute Gasteiger partial charge is 0.342 e. The molecule has 4 aromatic rings. The molecule has 1 atom stereocenters. The summed E-state index contributed by atoms with van der Waals surface area (Å²) >= 11 is 0. The fourth-order valence-corrected chi connectivity index (χ4v) is 3.40. The summed E-state index contributed by atoms with van der Waals surface area (Å²) in [6.07, 6.45) is 0. The Morgan fingerprint density at radius 1 is 0.964 bits per heavy atom. The number of carbonyl (C=O) groups is 1. The highest BCUT2D eigenvalue weighted by Crippen LogP contribution is 2.23. The molecule has 1 heterocycles. The molecule has 0 saturated heterocycles. The maximum atomic E-state index is 12.6. The van der Waals surface area contributed by atoms with Crippen molar-refractivity contribution in [3.8, 4) is 0 Å². The number of nitrogens with zero attached hydrogens (tertiary/aromatic N) is 2. The van der Waals surface area contributed by atoms with Crippen LogP contribution in [-0.4, -0.2) is 15.5 Å². The molecule has 0 aliphatic carbocycles. The quantitative estimate of drug-likeness (QED) is 0.545. The van der Waals surface area contributed by atoms with Crippen molar-refractivity contribution in [2.45, 2.75) is 26.4 Å². The molecular weight excluding hydrogens is 346 g/mol. The molecule has 1 aromatic heterocycles.